The van der Waals surface area contributed by atoms with Gasteiger partial charge in [0.15, 0.2) is 0 Å². The molecule has 0 bridgehead atoms. The molecule has 0 radical (unpaired) electrons. The SMILES string of the molecule is Cc1c(/C=C(\F)c2ccc(CNCCO)c(OCc3cncc(C#N)c3)c2)cccc1-c1cccc(OCCCN2CCCC2)c1C. The molecular weight excluding hydrogens is 591 g/mol. The molecule has 3 aromatic carbocycles. The summed E-state index contributed by atoms with van der Waals surface area (Å²) in [6, 6.07) is 21.1. The summed E-state index contributed by atoms with van der Waals surface area (Å²) in [4.78, 5) is 6.60. The number of nitrogens with zero attached hydrogens (tertiary/aromatic N) is 3. The Morgan fingerprint density at radius 2 is 1.79 bits per heavy atom. The lowest BCUT2D eigenvalue weighted by molar-refractivity contribution is 0.262. The van der Waals surface area contributed by atoms with Gasteiger partial charge in [-0.2, -0.15) is 5.26 Å². The van der Waals surface area contributed by atoms with Gasteiger partial charge in [-0.15, -0.1) is 0 Å². The summed E-state index contributed by atoms with van der Waals surface area (Å²) < 4.78 is 28.3. The number of aliphatic hydroxyl groups excluding tert-OH is 1. The second-order valence-corrected chi connectivity index (χ2v) is 11.9. The fourth-order valence-corrected chi connectivity index (χ4v) is 5.93. The number of nitrogens with one attached hydrogen (secondary N) is 1. The van der Waals surface area contributed by atoms with Gasteiger partial charge in [0.2, 0.25) is 0 Å². The molecule has 0 amide bonds. The van der Waals surface area contributed by atoms with Gasteiger partial charge in [-0.05, 0) is 98.3 Å². The minimum atomic E-state index is -0.384. The van der Waals surface area contributed by atoms with Crippen molar-refractivity contribution in [3.8, 4) is 28.7 Å². The minimum absolute atomic E-state index is 0.00633. The van der Waals surface area contributed by atoms with Crippen molar-refractivity contribution < 1.29 is 19.0 Å². The van der Waals surface area contributed by atoms with Gasteiger partial charge in [0, 0.05) is 48.7 Å². The summed E-state index contributed by atoms with van der Waals surface area (Å²) in [5, 5.41) is 21.6. The van der Waals surface area contributed by atoms with Crippen LogP contribution < -0.4 is 14.8 Å². The largest absolute Gasteiger partial charge is 0.493 e. The second-order valence-electron chi connectivity index (χ2n) is 11.9. The number of ether oxygens (including phenoxy) is 2. The molecule has 1 aliphatic heterocycles. The van der Waals surface area contributed by atoms with Crippen LogP contribution in [-0.4, -0.2) is 54.4 Å². The predicted octanol–water partition coefficient (Wildman–Crippen LogP) is 7.23. The topological polar surface area (TPSA) is 90.6 Å². The number of rotatable bonds is 15. The third-order valence-corrected chi connectivity index (χ3v) is 8.57. The van der Waals surface area contributed by atoms with Crippen LogP contribution in [0.15, 0.2) is 73.1 Å². The van der Waals surface area contributed by atoms with Crippen LogP contribution in [-0.2, 0) is 13.2 Å². The van der Waals surface area contributed by atoms with Crippen molar-refractivity contribution >= 4 is 11.9 Å². The van der Waals surface area contributed by atoms with Crippen molar-refractivity contribution in [1.29, 1.82) is 5.26 Å². The van der Waals surface area contributed by atoms with Gasteiger partial charge < -0.3 is 24.8 Å². The number of nitriles is 1. The third kappa shape index (κ3) is 9.05. The standard InChI is InChI=1S/C39H43FN4O3/c1-28-32(8-5-9-35(28)36-10-6-11-38(29(36)2)46-19-7-17-44-15-3-4-16-44)21-37(40)33-12-13-34(26-42-14-18-45)39(22-33)47-27-31-20-30(23-41)24-43-25-31/h5-6,8-13,20-22,24-25,42,45H,3-4,7,14-19,26-27H2,1-2H3/b37-21-. The fourth-order valence-electron chi connectivity index (χ4n) is 5.93. The van der Waals surface area contributed by atoms with E-state index < -0.39 is 0 Å². The minimum Gasteiger partial charge on any atom is -0.493 e. The highest BCUT2D eigenvalue weighted by Gasteiger charge is 2.15. The lowest BCUT2D eigenvalue weighted by atomic mass is 9.92. The molecule has 1 aromatic heterocycles. The van der Waals surface area contributed by atoms with E-state index >= 15 is 4.39 Å². The smallest absolute Gasteiger partial charge is 0.131 e. The predicted molar refractivity (Wildman–Crippen MR) is 185 cm³/mol. The number of pyridine rings is 1. The molecule has 0 aliphatic carbocycles. The van der Waals surface area contributed by atoms with Crippen LogP contribution in [0.25, 0.3) is 23.0 Å². The average Bonchev–Trinajstić information content (AvgIpc) is 3.62. The second kappa shape index (κ2) is 16.8. The Morgan fingerprint density at radius 1 is 1.00 bits per heavy atom. The Kier molecular flexibility index (Phi) is 12.1. The van der Waals surface area contributed by atoms with E-state index in [1.807, 2.05) is 37.3 Å². The maximum atomic E-state index is 15.9. The highest BCUT2D eigenvalue weighted by atomic mass is 19.1. The number of likely N-dealkylation sites (tertiary alicyclic amines) is 1. The molecule has 1 fully saturated rings. The first-order chi connectivity index (χ1) is 23.0. The van der Waals surface area contributed by atoms with Crippen LogP contribution in [0.1, 0.15) is 58.2 Å². The number of benzene rings is 3. The molecule has 5 rings (SSSR count). The van der Waals surface area contributed by atoms with E-state index in [9.17, 15) is 10.4 Å². The van der Waals surface area contributed by atoms with E-state index in [-0.39, 0.29) is 19.0 Å². The van der Waals surface area contributed by atoms with Gasteiger partial charge in [-0.3, -0.25) is 4.98 Å². The van der Waals surface area contributed by atoms with Crippen molar-refractivity contribution in [3.63, 3.8) is 0 Å². The van der Waals surface area contributed by atoms with E-state index in [1.54, 1.807) is 30.5 Å². The van der Waals surface area contributed by atoms with Crippen LogP contribution >= 0.6 is 0 Å². The van der Waals surface area contributed by atoms with Gasteiger partial charge in [-0.25, -0.2) is 4.39 Å². The van der Waals surface area contributed by atoms with Crippen molar-refractivity contribution in [2.24, 2.45) is 0 Å². The highest BCUT2D eigenvalue weighted by Crippen LogP contribution is 2.35. The molecule has 0 saturated carbocycles. The first kappa shape index (κ1) is 33.8. The number of hydrogen-bond donors (Lipinski definition) is 2. The van der Waals surface area contributed by atoms with Crippen molar-refractivity contribution in [2.45, 2.75) is 46.3 Å². The molecule has 1 aliphatic rings. The first-order valence-electron chi connectivity index (χ1n) is 16.3. The Labute approximate surface area is 277 Å². The zero-order valence-corrected chi connectivity index (χ0v) is 27.3. The van der Waals surface area contributed by atoms with E-state index in [0.29, 0.717) is 36.6 Å². The molecule has 8 heteroatoms. The van der Waals surface area contributed by atoms with E-state index in [1.165, 1.54) is 32.1 Å². The Balaban J connectivity index is 1.35. The summed E-state index contributed by atoms with van der Waals surface area (Å²) in [7, 11) is 0. The fraction of sp³-hybridized carbons (Fsp3) is 0.333. The number of aliphatic hydroxyl groups is 1. The molecule has 2 heterocycles. The van der Waals surface area contributed by atoms with Gasteiger partial charge in [0.25, 0.3) is 0 Å². The van der Waals surface area contributed by atoms with Crippen molar-refractivity contribution in [2.75, 3.05) is 39.4 Å². The molecule has 0 unspecified atom stereocenters. The third-order valence-electron chi connectivity index (χ3n) is 8.57. The Morgan fingerprint density at radius 3 is 2.57 bits per heavy atom. The highest BCUT2D eigenvalue weighted by molar-refractivity contribution is 5.82. The Hall–Kier alpha value is -4.55. The molecule has 244 valence electrons. The first-order valence-corrected chi connectivity index (χ1v) is 16.3. The zero-order valence-electron chi connectivity index (χ0n) is 27.3. The lowest BCUT2D eigenvalue weighted by Gasteiger charge is -2.17. The van der Waals surface area contributed by atoms with Crippen LogP contribution in [0, 0.1) is 25.2 Å². The number of aromatic nitrogens is 1. The summed E-state index contributed by atoms with van der Waals surface area (Å²) in [5.74, 6) is 1.01. The molecule has 47 heavy (non-hydrogen) atoms. The number of hydrogen-bond acceptors (Lipinski definition) is 7. The summed E-state index contributed by atoms with van der Waals surface area (Å²) in [5.41, 5.74) is 7.33. The quantitative estimate of drug-likeness (QED) is 0.105. The molecule has 2 N–H and O–H groups in total. The molecule has 1 saturated heterocycles. The molecule has 0 atom stereocenters. The van der Waals surface area contributed by atoms with Crippen molar-refractivity contribution in [3.05, 3.63) is 112 Å². The Bertz CT molecular complexity index is 1730. The van der Waals surface area contributed by atoms with Gasteiger partial charge >= 0.3 is 0 Å². The number of halogens is 1. The normalized spacial score (nSPS) is 13.5. The van der Waals surface area contributed by atoms with Gasteiger partial charge in [-0.1, -0.05) is 42.5 Å². The van der Waals surface area contributed by atoms with E-state index in [4.69, 9.17) is 9.47 Å². The van der Waals surface area contributed by atoms with Crippen LogP contribution in [0.3, 0.4) is 0 Å². The van der Waals surface area contributed by atoms with Crippen LogP contribution in [0.4, 0.5) is 4.39 Å². The molecular formula is C39H43FN4O3. The van der Waals surface area contributed by atoms with Crippen molar-refractivity contribution in [1.82, 2.24) is 15.2 Å². The van der Waals surface area contributed by atoms with Crippen LogP contribution in [0.5, 0.6) is 11.5 Å². The molecule has 0 spiro atoms. The summed E-state index contributed by atoms with van der Waals surface area (Å²) in [6.07, 6.45) is 8.29. The average molecular weight is 635 g/mol. The summed E-state index contributed by atoms with van der Waals surface area (Å²) >= 11 is 0. The monoisotopic (exact) mass is 634 g/mol. The van der Waals surface area contributed by atoms with E-state index in [2.05, 4.69) is 40.3 Å². The van der Waals surface area contributed by atoms with E-state index in [0.717, 1.165) is 57.7 Å². The summed E-state index contributed by atoms with van der Waals surface area (Å²) in [6.45, 7) is 9.29. The molecule has 4 aromatic rings. The maximum Gasteiger partial charge on any atom is 0.131 e. The lowest BCUT2D eigenvalue weighted by Crippen LogP contribution is -2.22. The van der Waals surface area contributed by atoms with Crippen LogP contribution in [0.2, 0.25) is 0 Å². The molecule has 7 nitrogen and oxygen atoms in total. The van der Waals surface area contributed by atoms with Gasteiger partial charge in [0.05, 0.1) is 18.8 Å². The zero-order chi connectivity index (χ0) is 33.0. The maximum absolute atomic E-state index is 15.9. The van der Waals surface area contributed by atoms with Gasteiger partial charge in [0.1, 0.15) is 30.0 Å².